The summed E-state index contributed by atoms with van der Waals surface area (Å²) < 4.78 is 4.97. The van der Waals surface area contributed by atoms with Gasteiger partial charge in [0.2, 0.25) is 5.88 Å². The van der Waals surface area contributed by atoms with Crippen molar-refractivity contribution in [2.45, 2.75) is 0 Å². The van der Waals surface area contributed by atoms with Crippen molar-refractivity contribution in [3.8, 4) is 16.3 Å². The number of methoxy groups -OCH3 is 1. The Bertz CT molecular complexity index is 366. The third-order valence-electron chi connectivity index (χ3n) is 1.70. The number of nitrogens with zero attached hydrogens (tertiary/aromatic N) is 1. The Balaban J connectivity index is 2.33. The summed E-state index contributed by atoms with van der Waals surface area (Å²) in [6.45, 7) is 0. The van der Waals surface area contributed by atoms with Gasteiger partial charge in [-0.1, -0.05) is 0 Å². The third kappa shape index (κ3) is 1.70. The van der Waals surface area contributed by atoms with Crippen molar-refractivity contribution in [2.24, 2.45) is 0 Å². The van der Waals surface area contributed by atoms with Gasteiger partial charge >= 0.3 is 0 Å². The van der Waals surface area contributed by atoms with Gasteiger partial charge in [0.15, 0.2) is 0 Å². The van der Waals surface area contributed by atoms with Crippen molar-refractivity contribution < 1.29 is 4.74 Å². The molecule has 0 unspecified atom stereocenters. The highest BCUT2D eigenvalue weighted by Gasteiger charge is 1.98. The Kier molecular flexibility index (Phi) is 2.27. The fourth-order valence-electron chi connectivity index (χ4n) is 1.04. The SMILES string of the molecule is COc1ccc(-c2cc[c]s2)cn1. The van der Waals surface area contributed by atoms with Crippen LogP contribution in [-0.4, -0.2) is 12.1 Å². The molecule has 0 N–H and O–H groups in total. The molecule has 3 heteroatoms. The smallest absolute Gasteiger partial charge is 0.212 e. The number of ether oxygens (including phenoxy) is 1. The number of thiophene rings is 1. The van der Waals surface area contributed by atoms with Crippen molar-refractivity contribution in [2.75, 3.05) is 7.11 Å². The van der Waals surface area contributed by atoms with Crippen molar-refractivity contribution >= 4 is 11.3 Å². The largest absolute Gasteiger partial charge is 0.481 e. The maximum atomic E-state index is 4.97. The zero-order chi connectivity index (χ0) is 9.10. The van der Waals surface area contributed by atoms with E-state index in [0.717, 1.165) is 5.56 Å². The van der Waals surface area contributed by atoms with Gasteiger partial charge in [-0.25, -0.2) is 4.98 Å². The summed E-state index contributed by atoms with van der Waals surface area (Å²) in [5, 5.41) is 3.04. The summed E-state index contributed by atoms with van der Waals surface area (Å²) >= 11 is 1.58. The molecule has 0 aliphatic rings. The number of hydrogen-bond donors (Lipinski definition) is 0. The first-order valence-electron chi connectivity index (χ1n) is 3.86. The Labute approximate surface area is 80.8 Å². The van der Waals surface area contributed by atoms with Gasteiger partial charge in [0.25, 0.3) is 0 Å². The third-order valence-corrected chi connectivity index (χ3v) is 2.55. The molecule has 1 radical (unpaired) electrons. The molecular formula is C10H8NOS. The van der Waals surface area contributed by atoms with Gasteiger partial charge in [0, 0.05) is 28.1 Å². The fourth-order valence-corrected chi connectivity index (χ4v) is 1.68. The first-order valence-corrected chi connectivity index (χ1v) is 4.68. The summed E-state index contributed by atoms with van der Waals surface area (Å²) in [4.78, 5) is 5.30. The Hall–Kier alpha value is -1.35. The van der Waals surface area contributed by atoms with Gasteiger partial charge in [-0.3, -0.25) is 0 Å². The zero-order valence-corrected chi connectivity index (χ0v) is 7.97. The lowest BCUT2D eigenvalue weighted by atomic mass is 10.2. The van der Waals surface area contributed by atoms with Gasteiger partial charge in [0.1, 0.15) is 0 Å². The monoisotopic (exact) mass is 190 g/mol. The molecule has 0 saturated heterocycles. The molecule has 65 valence electrons. The van der Waals surface area contributed by atoms with Crippen LogP contribution in [0.1, 0.15) is 0 Å². The second kappa shape index (κ2) is 3.58. The van der Waals surface area contributed by atoms with E-state index in [1.807, 2.05) is 24.3 Å². The highest BCUT2D eigenvalue weighted by molar-refractivity contribution is 7.13. The summed E-state index contributed by atoms with van der Waals surface area (Å²) in [5.41, 5.74) is 1.10. The molecule has 0 atom stereocenters. The highest BCUT2D eigenvalue weighted by Crippen LogP contribution is 2.24. The Morgan fingerprint density at radius 1 is 1.38 bits per heavy atom. The quantitative estimate of drug-likeness (QED) is 0.726. The summed E-state index contributed by atoms with van der Waals surface area (Å²) in [6, 6.07) is 7.78. The second-order valence-corrected chi connectivity index (χ2v) is 3.39. The average Bonchev–Trinajstić information content (AvgIpc) is 2.71. The maximum absolute atomic E-state index is 4.97. The van der Waals surface area contributed by atoms with E-state index >= 15 is 0 Å². The fraction of sp³-hybridized carbons (Fsp3) is 0.100. The van der Waals surface area contributed by atoms with Crippen LogP contribution in [0.4, 0.5) is 0 Å². The van der Waals surface area contributed by atoms with E-state index in [1.54, 1.807) is 24.6 Å². The molecule has 0 aromatic carbocycles. The van der Waals surface area contributed by atoms with Crippen LogP contribution in [0.5, 0.6) is 5.88 Å². The van der Waals surface area contributed by atoms with Gasteiger partial charge in [-0.2, -0.15) is 0 Å². The molecule has 0 amide bonds. The van der Waals surface area contributed by atoms with Crippen LogP contribution in [0.25, 0.3) is 10.4 Å². The first kappa shape index (κ1) is 8.26. The molecule has 0 spiro atoms. The minimum atomic E-state index is 0.643. The van der Waals surface area contributed by atoms with Crippen LogP contribution in [0.3, 0.4) is 0 Å². The highest BCUT2D eigenvalue weighted by atomic mass is 32.1. The first-order chi connectivity index (χ1) is 6.40. The number of pyridine rings is 1. The zero-order valence-electron chi connectivity index (χ0n) is 7.15. The van der Waals surface area contributed by atoms with Crippen LogP contribution >= 0.6 is 11.3 Å². The van der Waals surface area contributed by atoms with Gasteiger partial charge in [-0.15, -0.1) is 11.3 Å². The molecule has 2 nitrogen and oxygen atoms in total. The molecule has 0 aliphatic heterocycles. The molecular weight excluding hydrogens is 182 g/mol. The lowest BCUT2D eigenvalue weighted by Gasteiger charge is -1.99. The molecule has 0 bridgehead atoms. The van der Waals surface area contributed by atoms with Crippen LogP contribution in [0, 0.1) is 5.38 Å². The number of hydrogen-bond acceptors (Lipinski definition) is 3. The average molecular weight is 190 g/mol. The molecule has 0 aliphatic carbocycles. The predicted octanol–water partition coefficient (Wildman–Crippen LogP) is 2.62. The van der Waals surface area contributed by atoms with E-state index in [4.69, 9.17) is 4.74 Å². The standard InChI is InChI=1S/C10H8NOS/c1-12-10-5-4-8(7-11-10)9-3-2-6-13-9/h2-5,7H,1H3. The minimum absolute atomic E-state index is 0.643. The molecule has 13 heavy (non-hydrogen) atoms. The van der Waals surface area contributed by atoms with Crippen LogP contribution in [-0.2, 0) is 0 Å². The Morgan fingerprint density at radius 3 is 2.85 bits per heavy atom. The minimum Gasteiger partial charge on any atom is -0.481 e. The lowest BCUT2D eigenvalue weighted by molar-refractivity contribution is 0.398. The van der Waals surface area contributed by atoms with Gasteiger partial charge in [-0.05, 0) is 18.2 Å². The number of rotatable bonds is 2. The molecule has 0 saturated carbocycles. The summed E-state index contributed by atoms with van der Waals surface area (Å²) in [7, 11) is 1.61. The molecule has 2 rings (SSSR count). The van der Waals surface area contributed by atoms with E-state index in [0.29, 0.717) is 5.88 Å². The van der Waals surface area contributed by atoms with E-state index in [-0.39, 0.29) is 0 Å². The van der Waals surface area contributed by atoms with E-state index < -0.39 is 0 Å². The van der Waals surface area contributed by atoms with E-state index in [9.17, 15) is 0 Å². The molecule has 2 aromatic heterocycles. The van der Waals surface area contributed by atoms with Crippen molar-refractivity contribution in [3.63, 3.8) is 0 Å². The second-order valence-electron chi connectivity index (χ2n) is 2.51. The van der Waals surface area contributed by atoms with Gasteiger partial charge < -0.3 is 4.74 Å². The maximum Gasteiger partial charge on any atom is 0.212 e. The number of aromatic nitrogens is 1. The van der Waals surface area contributed by atoms with Gasteiger partial charge in [0.05, 0.1) is 7.11 Å². The summed E-state index contributed by atoms with van der Waals surface area (Å²) in [6.07, 6.45) is 1.80. The van der Waals surface area contributed by atoms with Crippen molar-refractivity contribution in [1.29, 1.82) is 0 Å². The predicted molar refractivity (Wildman–Crippen MR) is 52.9 cm³/mol. The summed E-state index contributed by atoms with van der Waals surface area (Å²) in [5.74, 6) is 0.643. The molecule has 2 heterocycles. The topological polar surface area (TPSA) is 22.1 Å². The molecule has 0 fully saturated rings. The van der Waals surface area contributed by atoms with E-state index in [1.165, 1.54) is 4.88 Å². The van der Waals surface area contributed by atoms with Crippen molar-refractivity contribution in [1.82, 2.24) is 4.98 Å². The Morgan fingerprint density at radius 2 is 2.31 bits per heavy atom. The lowest BCUT2D eigenvalue weighted by Crippen LogP contribution is -1.85. The van der Waals surface area contributed by atoms with E-state index in [2.05, 4.69) is 10.4 Å². The van der Waals surface area contributed by atoms with Crippen molar-refractivity contribution in [3.05, 3.63) is 35.8 Å². The molecule has 2 aromatic rings. The van der Waals surface area contributed by atoms with Crippen LogP contribution in [0.2, 0.25) is 0 Å². The van der Waals surface area contributed by atoms with Crippen LogP contribution < -0.4 is 4.74 Å². The normalized spacial score (nSPS) is 9.92. The van der Waals surface area contributed by atoms with Crippen LogP contribution in [0.15, 0.2) is 30.5 Å².